The highest BCUT2D eigenvalue weighted by atomic mass is 16.6. The lowest BCUT2D eigenvalue weighted by molar-refractivity contribution is 0.0276. The zero-order chi connectivity index (χ0) is 18.7. The Kier molecular flexibility index (Phi) is 6.02. The first-order valence-electron chi connectivity index (χ1n) is 9.56. The first-order chi connectivity index (χ1) is 11.8. The number of rotatable bonds is 1. The zero-order valence-electron chi connectivity index (χ0n) is 16.8. The summed E-state index contributed by atoms with van der Waals surface area (Å²) in [6.07, 6.45) is 2.07. The Balaban J connectivity index is 0.00000109. The number of likely N-dealkylation sites (tertiary alicyclic amines) is 1. The van der Waals surface area contributed by atoms with Gasteiger partial charge in [0.2, 0.25) is 0 Å². The summed E-state index contributed by atoms with van der Waals surface area (Å²) in [5, 5.41) is 0. The lowest BCUT2D eigenvalue weighted by Crippen LogP contribution is -2.37. The third-order valence-corrected chi connectivity index (χ3v) is 4.93. The Morgan fingerprint density at radius 3 is 2.24 bits per heavy atom. The molecule has 1 spiro atoms. The molecule has 1 atom stereocenters. The molecule has 4 nitrogen and oxygen atoms in total. The molecule has 0 aromatic heterocycles. The van der Waals surface area contributed by atoms with Gasteiger partial charge in [0.15, 0.2) is 0 Å². The van der Waals surface area contributed by atoms with E-state index in [1.54, 1.807) is 0 Å². The largest absolute Gasteiger partial charge is 0.444 e. The van der Waals surface area contributed by atoms with E-state index in [1.165, 1.54) is 11.3 Å². The summed E-state index contributed by atoms with van der Waals surface area (Å²) in [5.41, 5.74) is 2.40. The lowest BCUT2D eigenvalue weighted by Gasteiger charge is -2.27. The van der Waals surface area contributed by atoms with Gasteiger partial charge < -0.3 is 14.5 Å². The number of ether oxygens (including phenoxy) is 1. The van der Waals surface area contributed by atoms with Crippen LogP contribution in [-0.4, -0.2) is 42.8 Å². The van der Waals surface area contributed by atoms with Gasteiger partial charge in [-0.05, 0) is 52.7 Å². The molecule has 0 aliphatic carbocycles. The van der Waals surface area contributed by atoms with Crippen molar-refractivity contribution in [3.8, 4) is 0 Å². The number of amides is 1. The van der Waals surface area contributed by atoms with E-state index in [9.17, 15) is 4.79 Å². The van der Waals surface area contributed by atoms with Gasteiger partial charge >= 0.3 is 6.09 Å². The molecular weight excluding hydrogens is 312 g/mol. The SMILES string of the molecule is CC.Cc1ccc(N2CCC3(CCN(C(=O)OC(C)(C)C)C3)C2)cc1. The minimum Gasteiger partial charge on any atom is -0.444 e. The van der Waals surface area contributed by atoms with Crippen molar-refractivity contribution < 1.29 is 9.53 Å². The van der Waals surface area contributed by atoms with Crippen molar-refractivity contribution in [1.82, 2.24) is 4.90 Å². The highest BCUT2D eigenvalue weighted by molar-refractivity contribution is 5.68. The molecule has 2 saturated heterocycles. The average Bonchev–Trinajstić information content (AvgIpc) is 3.16. The summed E-state index contributed by atoms with van der Waals surface area (Å²) < 4.78 is 5.52. The molecule has 2 aliphatic rings. The monoisotopic (exact) mass is 346 g/mol. The van der Waals surface area contributed by atoms with Gasteiger partial charge in [-0.15, -0.1) is 0 Å². The highest BCUT2D eigenvalue weighted by Crippen LogP contribution is 2.41. The van der Waals surface area contributed by atoms with E-state index < -0.39 is 5.60 Å². The maximum absolute atomic E-state index is 12.3. The van der Waals surface area contributed by atoms with Crippen molar-refractivity contribution in [2.45, 2.75) is 60.0 Å². The Morgan fingerprint density at radius 1 is 1.04 bits per heavy atom. The van der Waals surface area contributed by atoms with Crippen LogP contribution in [0.5, 0.6) is 0 Å². The minimum absolute atomic E-state index is 0.164. The third-order valence-electron chi connectivity index (χ3n) is 4.93. The molecule has 0 saturated carbocycles. The number of carbonyl (C=O) groups is 1. The van der Waals surface area contributed by atoms with E-state index in [0.29, 0.717) is 0 Å². The van der Waals surface area contributed by atoms with Crippen LogP contribution >= 0.6 is 0 Å². The van der Waals surface area contributed by atoms with Crippen LogP contribution in [0.2, 0.25) is 0 Å². The molecule has 2 aliphatic heterocycles. The number of nitrogens with zero attached hydrogens (tertiary/aromatic N) is 2. The van der Waals surface area contributed by atoms with Crippen LogP contribution in [0.15, 0.2) is 24.3 Å². The van der Waals surface area contributed by atoms with Crippen LogP contribution in [0.4, 0.5) is 10.5 Å². The van der Waals surface area contributed by atoms with Crippen LogP contribution in [-0.2, 0) is 4.74 Å². The smallest absolute Gasteiger partial charge is 0.410 e. The van der Waals surface area contributed by atoms with Crippen molar-refractivity contribution in [3.05, 3.63) is 29.8 Å². The number of hydrogen-bond acceptors (Lipinski definition) is 3. The van der Waals surface area contributed by atoms with E-state index in [-0.39, 0.29) is 11.5 Å². The second-order valence-electron chi connectivity index (χ2n) is 8.16. The second kappa shape index (κ2) is 7.67. The average molecular weight is 347 g/mol. The number of anilines is 1. The van der Waals surface area contributed by atoms with Crippen LogP contribution in [0.25, 0.3) is 0 Å². The summed E-state index contributed by atoms with van der Waals surface area (Å²) in [6, 6.07) is 8.74. The fourth-order valence-electron chi connectivity index (χ4n) is 3.66. The minimum atomic E-state index is -0.420. The molecule has 4 heteroatoms. The number of hydrogen-bond donors (Lipinski definition) is 0. The van der Waals surface area contributed by atoms with Crippen LogP contribution < -0.4 is 4.90 Å². The lowest BCUT2D eigenvalue weighted by atomic mass is 9.86. The van der Waals surface area contributed by atoms with E-state index >= 15 is 0 Å². The van der Waals surface area contributed by atoms with Gasteiger partial charge in [-0.1, -0.05) is 31.5 Å². The molecule has 2 fully saturated rings. The molecule has 1 aromatic rings. The van der Waals surface area contributed by atoms with Crippen LogP contribution in [0.1, 0.15) is 53.0 Å². The van der Waals surface area contributed by atoms with Crippen LogP contribution in [0.3, 0.4) is 0 Å². The molecule has 140 valence electrons. The van der Waals surface area contributed by atoms with Gasteiger partial charge in [0.25, 0.3) is 0 Å². The van der Waals surface area contributed by atoms with Gasteiger partial charge in [0.1, 0.15) is 5.60 Å². The quantitative estimate of drug-likeness (QED) is 0.728. The number of aryl methyl sites for hydroxylation is 1. The van der Waals surface area contributed by atoms with E-state index in [4.69, 9.17) is 4.74 Å². The molecule has 1 unspecified atom stereocenters. The highest BCUT2D eigenvalue weighted by Gasteiger charge is 2.45. The number of benzene rings is 1. The molecule has 25 heavy (non-hydrogen) atoms. The normalized spacial score (nSPS) is 22.8. The predicted octanol–water partition coefficient (Wildman–Crippen LogP) is 4.86. The molecule has 0 N–H and O–H groups in total. The molecule has 2 heterocycles. The van der Waals surface area contributed by atoms with E-state index in [0.717, 1.165) is 39.0 Å². The predicted molar refractivity (Wildman–Crippen MR) is 104 cm³/mol. The zero-order valence-corrected chi connectivity index (χ0v) is 16.8. The summed E-state index contributed by atoms with van der Waals surface area (Å²) in [6.45, 7) is 15.6. The summed E-state index contributed by atoms with van der Waals surface area (Å²) >= 11 is 0. The first-order valence-corrected chi connectivity index (χ1v) is 9.56. The van der Waals surface area contributed by atoms with Crippen molar-refractivity contribution in [2.24, 2.45) is 5.41 Å². The van der Waals surface area contributed by atoms with Gasteiger partial charge in [-0.2, -0.15) is 0 Å². The fourth-order valence-corrected chi connectivity index (χ4v) is 3.66. The van der Waals surface area contributed by atoms with Gasteiger partial charge in [0.05, 0.1) is 0 Å². The Morgan fingerprint density at radius 2 is 1.64 bits per heavy atom. The van der Waals surface area contributed by atoms with Gasteiger partial charge in [-0.25, -0.2) is 4.79 Å². The van der Waals surface area contributed by atoms with Crippen molar-refractivity contribution >= 4 is 11.8 Å². The van der Waals surface area contributed by atoms with Crippen molar-refractivity contribution in [1.29, 1.82) is 0 Å². The maximum Gasteiger partial charge on any atom is 0.410 e. The van der Waals surface area contributed by atoms with Crippen molar-refractivity contribution in [2.75, 3.05) is 31.1 Å². The van der Waals surface area contributed by atoms with Crippen LogP contribution in [0, 0.1) is 12.3 Å². The molecule has 3 rings (SSSR count). The molecule has 0 bridgehead atoms. The standard InChI is InChI=1S/C19H28N2O2.C2H6/c1-15-5-7-16(8-6-15)20-11-9-19(13-20)10-12-21(14-19)17(22)23-18(2,3)4;1-2/h5-8H,9-14H2,1-4H3;1-2H3. The summed E-state index contributed by atoms with van der Waals surface area (Å²) in [7, 11) is 0. The Labute approximate surface area is 153 Å². The fraction of sp³-hybridized carbons (Fsp3) is 0.667. The van der Waals surface area contributed by atoms with Gasteiger partial charge in [0, 0.05) is 37.3 Å². The third kappa shape index (κ3) is 4.90. The molecule has 1 amide bonds. The Hall–Kier alpha value is -1.71. The van der Waals surface area contributed by atoms with Gasteiger partial charge in [-0.3, -0.25) is 0 Å². The van der Waals surface area contributed by atoms with E-state index in [2.05, 4.69) is 36.1 Å². The first kappa shape index (κ1) is 19.6. The Bertz CT molecular complexity index is 577. The topological polar surface area (TPSA) is 32.8 Å². The molecular formula is C21H34N2O2. The summed E-state index contributed by atoms with van der Waals surface area (Å²) in [4.78, 5) is 16.6. The van der Waals surface area contributed by atoms with E-state index in [1.807, 2.05) is 39.5 Å². The molecule has 0 radical (unpaired) electrons. The summed E-state index contributed by atoms with van der Waals surface area (Å²) in [5.74, 6) is 0. The number of carbonyl (C=O) groups excluding carboxylic acids is 1. The maximum atomic E-state index is 12.3. The molecule has 1 aromatic carbocycles. The second-order valence-corrected chi connectivity index (χ2v) is 8.16. The van der Waals surface area contributed by atoms with Crippen molar-refractivity contribution in [3.63, 3.8) is 0 Å².